The van der Waals surface area contributed by atoms with Gasteiger partial charge in [-0.05, 0) is 29.8 Å². The second kappa shape index (κ2) is 9.50. The van der Waals surface area contributed by atoms with Gasteiger partial charge in [0.15, 0.2) is 29.6 Å². The van der Waals surface area contributed by atoms with Crippen LogP contribution in [0.3, 0.4) is 0 Å². The largest absolute Gasteiger partial charge is 0.493 e. The minimum absolute atomic E-state index is 0.191. The summed E-state index contributed by atoms with van der Waals surface area (Å²) in [6.07, 6.45) is 2.76. The predicted octanol–water partition coefficient (Wildman–Crippen LogP) is 2.31. The monoisotopic (exact) mass is 399 g/mol. The molecule has 0 aromatic heterocycles. The van der Waals surface area contributed by atoms with Crippen molar-refractivity contribution in [3.8, 4) is 23.0 Å². The van der Waals surface area contributed by atoms with E-state index in [0.29, 0.717) is 28.6 Å². The Morgan fingerprint density at radius 1 is 1.10 bits per heavy atom. The number of methoxy groups -OCH3 is 2. The lowest BCUT2D eigenvalue weighted by Crippen LogP contribution is -2.28. The molecule has 3 rings (SSSR count). The van der Waals surface area contributed by atoms with Gasteiger partial charge in [0.25, 0.3) is 5.91 Å². The minimum atomic E-state index is -0.645. The number of fused-ring (bicyclic) bond motifs is 1. The van der Waals surface area contributed by atoms with Gasteiger partial charge >= 0.3 is 5.97 Å². The number of hydrogen-bond acceptors (Lipinski definition) is 7. The summed E-state index contributed by atoms with van der Waals surface area (Å²) in [5, 5.41) is 2.68. The van der Waals surface area contributed by atoms with Gasteiger partial charge in [0.05, 0.1) is 14.2 Å². The van der Waals surface area contributed by atoms with Crippen molar-refractivity contribution in [3.63, 3.8) is 0 Å². The number of amides is 1. The quantitative estimate of drug-likeness (QED) is 0.538. The third kappa shape index (κ3) is 5.19. The molecule has 0 radical (unpaired) electrons. The Labute approximate surface area is 168 Å². The summed E-state index contributed by atoms with van der Waals surface area (Å²) in [6.45, 7) is 0.0864. The highest BCUT2D eigenvalue weighted by molar-refractivity contribution is 5.89. The summed E-state index contributed by atoms with van der Waals surface area (Å²) in [4.78, 5) is 23.8. The summed E-state index contributed by atoms with van der Waals surface area (Å²) < 4.78 is 26.0. The molecule has 2 aromatic rings. The van der Waals surface area contributed by atoms with E-state index in [0.717, 1.165) is 5.56 Å². The molecule has 0 aliphatic carbocycles. The van der Waals surface area contributed by atoms with Crippen LogP contribution in [0.2, 0.25) is 0 Å². The second-order valence-corrected chi connectivity index (χ2v) is 5.99. The fraction of sp³-hybridized carbons (Fsp3) is 0.238. The lowest BCUT2D eigenvalue weighted by molar-refractivity contribution is -0.143. The Bertz CT molecular complexity index is 923. The molecule has 1 amide bonds. The van der Waals surface area contributed by atoms with Crippen LogP contribution >= 0.6 is 0 Å². The van der Waals surface area contributed by atoms with Crippen LogP contribution in [0.5, 0.6) is 23.0 Å². The van der Waals surface area contributed by atoms with Gasteiger partial charge in [-0.25, -0.2) is 4.79 Å². The van der Waals surface area contributed by atoms with E-state index < -0.39 is 11.9 Å². The maximum Gasteiger partial charge on any atom is 0.331 e. The molecular weight excluding hydrogens is 378 g/mol. The highest BCUT2D eigenvalue weighted by atomic mass is 16.7. The Morgan fingerprint density at radius 2 is 1.93 bits per heavy atom. The summed E-state index contributed by atoms with van der Waals surface area (Å²) >= 11 is 0. The minimum Gasteiger partial charge on any atom is -0.493 e. The van der Waals surface area contributed by atoms with Crippen LogP contribution in [0, 0.1) is 0 Å². The highest BCUT2D eigenvalue weighted by Gasteiger charge is 2.14. The molecule has 0 spiro atoms. The van der Waals surface area contributed by atoms with Crippen molar-refractivity contribution in [1.29, 1.82) is 0 Å². The van der Waals surface area contributed by atoms with Crippen LogP contribution in [-0.4, -0.2) is 39.5 Å². The van der Waals surface area contributed by atoms with Gasteiger partial charge in [-0.3, -0.25) is 4.79 Å². The molecule has 0 atom stereocenters. The zero-order valence-corrected chi connectivity index (χ0v) is 16.1. The van der Waals surface area contributed by atoms with Crippen LogP contribution in [0.1, 0.15) is 11.1 Å². The van der Waals surface area contributed by atoms with E-state index in [2.05, 4.69) is 5.32 Å². The van der Waals surface area contributed by atoms with Crippen LogP contribution < -0.4 is 24.3 Å². The lowest BCUT2D eigenvalue weighted by atomic mass is 10.1. The number of carbonyl (C=O) groups excluding carboxylic acids is 2. The Morgan fingerprint density at radius 3 is 2.72 bits per heavy atom. The van der Waals surface area contributed by atoms with Gasteiger partial charge in [0.2, 0.25) is 6.79 Å². The molecular formula is C21H21NO7. The topological polar surface area (TPSA) is 92.3 Å². The third-order valence-electron chi connectivity index (χ3n) is 4.10. The normalized spacial score (nSPS) is 11.9. The van der Waals surface area contributed by atoms with E-state index in [4.69, 9.17) is 23.7 Å². The van der Waals surface area contributed by atoms with Gasteiger partial charge in [-0.15, -0.1) is 0 Å². The average Bonchev–Trinajstić information content (AvgIpc) is 3.22. The summed E-state index contributed by atoms with van der Waals surface area (Å²) in [6, 6.07) is 10.7. The number of nitrogens with one attached hydrogen (secondary N) is 1. The molecule has 8 nitrogen and oxygen atoms in total. The maximum atomic E-state index is 11.9. The van der Waals surface area contributed by atoms with Crippen molar-refractivity contribution in [2.75, 3.05) is 27.6 Å². The molecule has 152 valence electrons. The Hall–Kier alpha value is -3.68. The second-order valence-electron chi connectivity index (χ2n) is 5.99. The lowest BCUT2D eigenvalue weighted by Gasteiger charge is -2.09. The van der Waals surface area contributed by atoms with Crippen molar-refractivity contribution in [2.24, 2.45) is 0 Å². The number of benzene rings is 2. The number of para-hydroxylation sites is 1. The zero-order chi connectivity index (χ0) is 20.6. The van der Waals surface area contributed by atoms with Gasteiger partial charge in [0, 0.05) is 18.2 Å². The van der Waals surface area contributed by atoms with Gasteiger partial charge in [-0.1, -0.05) is 18.2 Å². The third-order valence-corrected chi connectivity index (χ3v) is 4.10. The van der Waals surface area contributed by atoms with E-state index in [1.165, 1.54) is 26.4 Å². The molecule has 0 bridgehead atoms. The van der Waals surface area contributed by atoms with Gasteiger partial charge < -0.3 is 29.0 Å². The fourth-order valence-electron chi connectivity index (χ4n) is 2.69. The zero-order valence-electron chi connectivity index (χ0n) is 16.1. The summed E-state index contributed by atoms with van der Waals surface area (Å²) in [7, 11) is 3.04. The average molecular weight is 399 g/mol. The number of hydrogen-bond donors (Lipinski definition) is 1. The Kier molecular flexibility index (Phi) is 6.57. The van der Waals surface area contributed by atoms with Crippen molar-refractivity contribution in [3.05, 3.63) is 53.6 Å². The number of rotatable bonds is 8. The van der Waals surface area contributed by atoms with Crippen LogP contribution in [0.15, 0.2) is 42.5 Å². The molecule has 0 saturated heterocycles. The molecule has 1 N–H and O–H groups in total. The summed E-state index contributed by atoms with van der Waals surface area (Å²) in [5.74, 6) is 1.30. The maximum absolute atomic E-state index is 11.9. The smallest absolute Gasteiger partial charge is 0.331 e. The SMILES string of the molecule is COc1cccc(/C=C/C(=O)OCC(=O)NCc2ccc3c(c2)OCO3)c1OC. The molecule has 1 heterocycles. The standard InChI is InChI=1S/C21H21NO7/c1-25-17-5-3-4-15(21(17)26-2)7-9-20(24)27-12-19(23)22-11-14-6-8-16-18(10-14)29-13-28-16/h3-10H,11-13H2,1-2H3,(H,22,23)/b9-7+. The molecule has 2 aromatic carbocycles. The highest BCUT2D eigenvalue weighted by Crippen LogP contribution is 2.32. The number of carbonyl (C=O) groups is 2. The van der Waals surface area contributed by atoms with Crippen LogP contribution in [0.25, 0.3) is 6.08 Å². The molecule has 0 unspecified atom stereocenters. The molecule has 0 saturated carbocycles. The van der Waals surface area contributed by atoms with Gasteiger partial charge in [-0.2, -0.15) is 0 Å². The molecule has 1 aliphatic rings. The van der Waals surface area contributed by atoms with E-state index in [-0.39, 0.29) is 19.9 Å². The van der Waals surface area contributed by atoms with Gasteiger partial charge in [0.1, 0.15) is 0 Å². The van der Waals surface area contributed by atoms with Crippen molar-refractivity contribution < 1.29 is 33.3 Å². The number of esters is 1. The van der Waals surface area contributed by atoms with Crippen molar-refractivity contribution in [1.82, 2.24) is 5.32 Å². The fourth-order valence-corrected chi connectivity index (χ4v) is 2.69. The Balaban J connectivity index is 1.47. The molecule has 8 heteroatoms. The van der Waals surface area contributed by atoms with Crippen molar-refractivity contribution in [2.45, 2.75) is 6.54 Å². The first-order valence-corrected chi connectivity index (χ1v) is 8.81. The summed E-state index contributed by atoms with van der Waals surface area (Å²) in [5.41, 5.74) is 1.50. The van der Waals surface area contributed by atoms with E-state index >= 15 is 0 Å². The number of ether oxygens (including phenoxy) is 5. The molecule has 29 heavy (non-hydrogen) atoms. The predicted molar refractivity (Wildman–Crippen MR) is 104 cm³/mol. The van der Waals surface area contributed by atoms with E-state index in [1.54, 1.807) is 30.3 Å². The molecule has 0 fully saturated rings. The first-order valence-electron chi connectivity index (χ1n) is 8.81. The first-order chi connectivity index (χ1) is 14.1. The van der Waals surface area contributed by atoms with E-state index in [9.17, 15) is 9.59 Å². The van der Waals surface area contributed by atoms with Crippen LogP contribution in [-0.2, 0) is 20.9 Å². The van der Waals surface area contributed by atoms with Crippen LogP contribution in [0.4, 0.5) is 0 Å². The molecule has 1 aliphatic heterocycles. The van der Waals surface area contributed by atoms with E-state index in [1.807, 2.05) is 6.07 Å². The first kappa shape index (κ1) is 20.1. The van der Waals surface area contributed by atoms with Crippen molar-refractivity contribution >= 4 is 18.0 Å².